The molecule has 1 saturated heterocycles. The second-order valence-corrected chi connectivity index (χ2v) is 9.90. The van der Waals surface area contributed by atoms with Crippen molar-refractivity contribution >= 4 is 27.5 Å². The lowest BCUT2D eigenvalue weighted by atomic mass is 10.1. The van der Waals surface area contributed by atoms with E-state index in [1.165, 1.54) is 0 Å². The largest absolute Gasteiger partial charge is 0.354 e. The van der Waals surface area contributed by atoms with Crippen molar-refractivity contribution in [2.45, 2.75) is 57.4 Å². The van der Waals surface area contributed by atoms with Crippen LogP contribution < -0.4 is 10.0 Å². The number of nitrogens with one attached hydrogen (secondary N) is 2. The summed E-state index contributed by atoms with van der Waals surface area (Å²) in [5, 5.41) is 2.91. The van der Waals surface area contributed by atoms with E-state index in [0.717, 1.165) is 24.8 Å². The summed E-state index contributed by atoms with van der Waals surface area (Å²) in [6, 6.07) is 11.0. The third-order valence-corrected chi connectivity index (χ3v) is 7.19. The van der Waals surface area contributed by atoms with Gasteiger partial charge in [0.2, 0.25) is 5.91 Å². The zero-order chi connectivity index (χ0) is 23.3. The van der Waals surface area contributed by atoms with E-state index in [0.29, 0.717) is 36.3 Å². The maximum atomic E-state index is 13.0. The van der Waals surface area contributed by atoms with E-state index in [9.17, 15) is 18.0 Å². The minimum absolute atomic E-state index is 0.109. The molecular formula is C24H31N3O4S. The SMILES string of the molecule is CCCCNC(=O)C1CCCN1C(=O)c1ccc(NS(=O)(=O)c2ccc(C)cc2C)cc1. The quantitative estimate of drug-likeness (QED) is 0.592. The van der Waals surface area contributed by atoms with Crippen molar-refractivity contribution in [2.24, 2.45) is 0 Å². The van der Waals surface area contributed by atoms with Crippen LogP contribution >= 0.6 is 0 Å². The number of rotatable bonds is 8. The van der Waals surface area contributed by atoms with Gasteiger partial charge in [0.15, 0.2) is 0 Å². The number of hydrogen-bond acceptors (Lipinski definition) is 4. The van der Waals surface area contributed by atoms with Gasteiger partial charge in [-0.2, -0.15) is 0 Å². The number of amides is 2. The first-order chi connectivity index (χ1) is 15.2. The van der Waals surface area contributed by atoms with Crippen molar-refractivity contribution in [3.05, 3.63) is 59.2 Å². The van der Waals surface area contributed by atoms with Crippen LogP contribution in [0.25, 0.3) is 0 Å². The molecular weight excluding hydrogens is 426 g/mol. The summed E-state index contributed by atoms with van der Waals surface area (Å²) in [6.45, 7) is 6.87. The van der Waals surface area contributed by atoms with Crippen LogP contribution in [-0.2, 0) is 14.8 Å². The molecule has 172 valence electrons. The Hall–Kier alpha value is -2.87. The van der Waals surface area contributed by atoms with Crippen molar-refractivity contribution in [1.82, 2.24) is 10.2 Å². The molecule has 3 rings (SSSR count). The Bertz CT molecular complexity index is 1080. The molecule has 1 fully saturated rings. The standard InChI is InChI=1S/C24H31N3O4S/c1-4-5-14-25-23(28)21-7-6-15-27(21)24(29)19-9-11-20(12-10-19)26-32(30,31)22-13-8-17(2)16-18(22)3/h8-13,16,21,26H,4-7,14-15H2,1-3H3,(H,25,28). The highest BCUT2D eigenvalue weighted by Crippen LogP contribution is 2.23. The van der Waals surface area contributed by atoms with Crippen LogP contribution in [0.15, 0.2) is 47.4 Å². The number of nitrogens with zero attached hydrogens (tertiary/aromatic N) is 1. The molecule has 2 amide bonds. The predicted octanol–water partition coefficient (Wildman–Crippen LogP) is 3.63. The molecule has 0 radical (unpaired) electrons. The van der Waals surface area contributed by atoms with E-state index in [1.807, 2.05) is 13.0 Å². The fourth-order valence-electron chi connectivity index (χ4n) is 3.95. The third-order valence-electron chi connectivity index (χ3n) is 5.65. The van der Waals surface area contributed by atoms with E-state index in [2.05, 4.69) is 17.0 Å². The Balaban J connectivity index is 1.69. The van der Waals surface area contributed by atoms with Gasteiger partial charge in [-0.05, 0) is 69.0 Å². The van der Waals surface area contributed by atoms with Gasteiger partial charge in [0.25, 0.3) is 15.9 Å². The van der Waals surface area contributed by atoms with Crippen LogP contribution in [0, 0.1) is 13.8 Å². The van der Waals surface area contributed by atoms with Crippen molar-refractivity contribution < 1.29 is 18.0 Å². The van der Waals surface area contributed by atoms with Crippen molar-refractivity contribution in [2.75, 3.05) is 17.8 Å². The van der Waals surface area contributed by atoms with Crippen LogP contribution in [0.4, 0.5) is 5.69 Å². The maximum absolute atomic E-state index is 13.0. The number of anilines is 1. The highest BCUT2D eigenvalue weighted by Gasteiger charge is 2.34. The van der Waals surface area contributed by atoms with Crippen LogP contribution in [0.1, 0.15) is 54.1 Å². The topological polar surface area (TPSA) is 95.6 Å². The normalized spacial score (nSPS) is 16.1. The van der Waals surface area contributed by atoms with E-state index >= 15 is 0 Å². The zero-order valence-electron chi connectivity index (χ0n) is 18.8. The third kappa shape index (κ3) is 5.48. The van der Waals surface area contributed by atoms with Crippen molar-refractivity contribution in [3.63, 3.8) is 0 Å². The van der Waals surface area contributed by atoms with E-state index in [1.54, 1.807) is 48.2 Å². The van der Waals surface area contributed by atoms with E-state index < -0.39 is 16.1 Å². The number of carbonyl (C=O) groups excluding carboxylic acids is 2. The monoisotopic (exact) mass is 457 g/mol. The Labute approximate surface area is 190 Å². The lowest BCUT2D eigenvalue weighted by Crippen LogP contribution is -2.46. The molecule has 0 aromatic heterocycles. The molecule has 8 heteroatoms. The highest BCUT2D eigenvalue weighted by molar-refractivity contribution is 7.92. The van der Waals surface area contributed by atoms with E-state index in [4.69, 9.17) is 0 Å². The number of unbranched alkanes of at least 4 members (excludes halogenated alkanes) is 1. The molecule has 1 heterocycles. The molecule has 1 aliphatic heterocycles. The van der Waals surface area contributed by atoms with Crippen LogP contribution in [0.2, 0.25) is 0 Å². The Morgan fingerprint density at radius 3 is 2.47 bits per heavy atom. The predicted molar refractivity (Wildman–Crippen MR) is 125 cm³/mol. The van der Waals surface area contributed by atoms with Gasteiger partial charge in [-0.15, -0.1) is 0 Å². The Kier molecular flexibility index (Phi) is 7.56. The van der Waals surface area contributed by atoms with Crippen molar-refractivity contribution in [1.29, 1.82) is 0 Å². The average Bonchev–Trinajstić information content (AvgIpc) is 3.23. The first-order valence-electron chi connectivity index (χ1n) is 11.0. The van der Waals surface area contributed by atoms with Crippen molar-refractivity contribution in [3.8, 4) is 0 Å². The van der Waals surface area contributed by atoms with Crippen LogP contribution in [-0.4, -0.2) is 44.3 Å². The molecule has 7 nitrogen and oxygen atoms in total. The van der Waals surface area contributed by atoms with Gasteiger partial charge in [0.1, 0.15) is 6.04 Å². The summed E-state index contributed by atoms with van der Waals surface area (Å²) >= 11 is 0. The molecule has 32 heavy (non-hydrogen) atoms. The lowest BCUT2D eigenvalue weighted by molar-refractivity contribution is -0.124. The van der Waals surface area contributed by atoms with Gasteiger partial charge in [-0.25, -0.2) is 8.42 Å². The number of aryl methyl sites for hydroxylation is 2. The summed E-state index contributed by atoms with van der Waals surface area (Å²) in [7, 11) is -3.74. The molecule has 1 unspecified atom stereocenters. The van der Waals surface area contributed by atoms with Gasteiger partial charge >= 0.3 is 0 Å². The molecule has 0 aliphatic carbocycles. The van der Waals surface area contributed by atoms with Crippen LogP contribution in [0.5, 0.6) is 0 Å². The number of likely N-dealkylation sites (tertiary alicyclic amines) is 1. The molecule has 2 N–H and O–H groups in total. The van der Waals surface area contributed by atoms with E-state index in [-0.39, 0.29) is 16.7 Å². The highest BCUT2D eigenvalue weighted by atomic mass is 32.2. The molecule has 0 bridgehead atoms. The smallest absolute Gasteiger partial charge is 0.262 e. The Morgan fingerprint density at radius 2 is 1.81 bits per heavy atom. The number of carbonyl (C=O) groups is 2. The van der Waals surface area contributed by atoms with Gasteiger partial charge in [-0.3, -0.25) is 14.3 Å². The molecule has 0 saturated carbocycles. The molecule has 0 spiro atoms. The Morgan fingerprint density at radius 1 is 1.09 bits per heavy atom. The minimum atomic E-state index is -3.74. The van der Waals surface area contributed by atoms with Gasteiger partial charge in [0, 0.05) is 24.3 Å². The second-order valence-electron chi connectivity index (χ2n) is 8.25. The van der Waals surface area contributed by atoms with Gasteiger partial charge in [-0.1, -0.05) is 31.0 Å². The lowest BCUT2D eigenvalue weighted by Gasteiger charge is -2.24. The van der Waals surface area contributed by atoms with Crippen LogP contribution in [0.3, 0.4) is 0 Å². The fraction of sp³-hybridized carbons (Fsp3) is 0.417. The van der Waals surface area contributed by atoms with Gasteiger partial charge < -0.3 is 10.2 Å². The second kappa shape index (κ2) is 10.2. The fourth-order valence-corrected chi connectivity index (χ4v) is 5.23. The summed E-state index contributed by atoms with van der Waals surface area (Å²) < 4.78 is 28.1. The summed E-state index contributed by atoms with van der Waals surface area (Å²) in [6.07, 6.45) is 3.34. The summed E-state index contributed by atoms with van der Waals surface area (Å²) in [4.78, 5) is 27.3. The van der Waals surface area contributed by atoms with Gasteiger partial charge in [0.05, 0.1) is 4.90 Å². The first kappa shape index (κ1) is 23.8. The number of sulfonamides is 1. The summed E-state index contributed by atoms with van der Waals surface area (Å²) in [5.74, 6) is -0.330. The number of hydrogen-bond donors (Lipinski definition) is 2. The minimum Gasteiger partial charge on any atom is -0.354 e. The molecule has 1 atom stereocenters. The number of benzene rings is 2. The zero-order valence-corrected chi connectivity index (χ0v) is 19.7. The molecule has 2 aromatic carbocycles. The molecule has 2 aromatic rings. The molecule has 1 aliphatic rings. The summed E-state index contributed by atoms with van der Waals surface area (Å²) in [5.41, 5.74) is 2.45. The average molecular weight is 458 g/mol. The first-order valence-corrected chi connectivity index (χ1v) is 12.5. The maximum Gasteiger partial charge on any atom is 0.262 e.